The third-order valence-corrected chi connectivity index (χ3v) is 4.82. The Hall–Kier alpha value is -2.52. The minimum Gasteiger partial charge on any atom is -0.444 e. The molecule has 9 nitrogen and oxygen atoms in total. The van der Waals surface area contributed by atoms with Crippen molar-refractivity contribution < 1.29 is 49.9 Å². The lowest BCUT2D eigenvalue weighted by atomic mass is 9.96. The SMILES string of the molecule is [2H]N(C(=O)N(c1ccc(N2CCOCC2)cc1)C([2H])([2H])C1([2H])C([2H])([2H])C([2H])([2H])N(C(=O)OC(C)(C)C)C([2H])([2H])C1([2H])[2H])C1([2H])C([2H])([2H])COC([2H])([2H])C1([2H])[2H]. The van der Waals surface area contributed by atoms with E-state index >= 15 is 0 Å². The van der Waals surface area contributed by atoms with Gasteiger partial charge in [0.05, 0.1) is 20.1 Å². The maximum absolute atomic E-state index is 14.6. The largest absolute Gasteiger partial charge is 0.444 e. The summed E-state index contributed by atoms with van der Waals surface area (Å²) in [4.78, 5) is 28.7. The van der Waals surface area contributed by atoms with Gasteiger partial charge in [0.2, 0.25) is 0 Å². The summed E-state index contributed by atoms with van der Waals surface area (Å²) in [5.74, 6) is -4.53. The topological polar surface area (TPSA) is 83.6 Å². The fourth-order valence-electron chi connectivity index (χ4n) is 3.19. The van der Waals surface area contributed by atoms with Crippen LogP contribution in [0, 0.1) is 5.89 Å². The Kier molecular flexibility index (Phi) is 3.87. The van der Waals surface area contributed by atoms with Gasteiger partial charge in [0.1, 0.15) is 5.60 Å². The second-order valence-corrected chi connectivity index (χ2v) is 8.66. The zero-order chi connectivity index (χ0) is 42.6. The number of nitrogens with zero attached hydrogens (tertiary/aromatic N) is 3. The van der Waals surface area contributed by atoms with Gasteiger partial charge in [-0.3, -0.25) is 4.90 Å². The molecule has 36 heavy (non-hydrogen) atoms. The van der Waals surface area contributed by atoms with E-state index in [1.54, 1.807) is 4.90 Å². The highest BCUT2D eigenvalue weighted by atomic mass is 16.6. The van der Waals surface area contributed by atoms with Gasteiger partial charge in [-0.15, -0.1) is 0 Å². The van der Waals surface area contributed by atoms with Crippen LogP contribution >= 0.6 is 0 Å². The Morgan fingerprint density at radius 3 is 2.50 bits per heavy atom. The second kappa shape index (κ2) is 12.1. The van der Waals surface area contributed by atoms with Crippen LogP contribution in [0.25, 0.3) is 0 Å². The van der Waals surface area contributed by atoms with E-state index in [0.29, 0.717) is 32.0 Å². The number of nitrogens with one attached hydrogen (secondary N) is 1. The minimum atomic E-state index is -4.53. The average Bonchev–Trinajstić information content (AvgIpc) is 3.04. The molecule has 1 atom stereocenters. The smallest absolute Gasteiger partial charge is 0.410 e. The number of anilines is 2. The summed E-state index contributed by atoms with van der Waals surface area (Å²) in [5, 5.41) is -0.797. The predicted molar refractivity (Wildman–Crippen MR) is 140 cm³/mol. The molecular formula is C27H42N4O5. The molecule has 9 heteroatoms. The Bertz CT molecular complexity index is 1620. The fourth-order valence-corrected chi connectivity index (χ4v) is 3.19. The number of hydrogen-bond acceptors (Lipinski definition) is 6. The Labute approximate surface area is 241 Å². The van der Waals surface area contributed by atoms with E-state index in [9.17, 15) is 13.7 Å². The molecule has 0 aliphatic carbocycles. The number of urea groups is 1. The molecule has 0 bridgehead atoms. The third-order valence-electron chi connectivity index (χ3n) is 4.82. The van der Waals surface area contributed by atoms with Crippen LogP contribution in [0.2, 0.25) is 1.41 Å². The van der Waals surface area contributed by atoms with Gasteiger partial charge in [-0.2, -0.15) is 0 Å². The van der Waals surface area contributed by atoms with E-state index in [-0.39, 0.29) is 4.90 Å². The van der Waals surface area contributed by atoms with Crippen LogP contribution in [-0.4, -0.2) is 87.6 Å². The van der Waals surface area contributed by atoms with Crippen LogP contribution in [0.4, 0.5) is 21.0 Å². The van der Waals surface area contributed by atoms with Crippen molar-refractivity contribution in [1.82, 2.24) is 10.2 Å². The molecule has 0 saturated carbocycles. The normalized spacial score (nSPS) is 42.6. The van der Waals surface area contributed by atoms with Gasteiger partial charge in [-0.25, -0.2) is 9.59 Å². The number of amides is 3. The summed E-state index contributed by atoms with van der Waals surface area (Å²) in [6.45, 7) is -12.5. The quantitative estimate of drug-likeness (QED) is 0.633. The molecule has 0 aromatic heterocycles. The highest BCUT2D eigenvalue weighted by molar-refractivity contribution is 5.92. The van der Waals surface area contributed by atoms with Crippen LogP contribution in [-0.2, 0) is 14.2 Å². The zero-order valence-corrected chi connectivity index (χ0v) is 20.2. The van der Waals surface area contributed by atoms with Gasteiger partial charge in [0.25, 0.3) is 0 Å². The van der Waals surface area contributed by atoms with Gasteiger partial charge >= 0.3 is 12.1 Å². The molecule has 1 N–H and O–H groups in total. The Morgan fingerprint density at radius 1 is 1.14 bits per heavy atom. The molecule has 1 unspecified atom stereocenters. The van der Waals surface area contributed by atoms with Crippen LogP contribution in [0.5, 0.6) is 0 Å². The number of rotatable bonds is 5. The summed E-state index contributed by atoms with van der Waals surface area (Å²) >= 11 is 0. The molecule has 1 aromatic rings. The number of carbonyl (C=O) groups is 2. The van der Waals surface area contributed by atoms with Gasteiger partial charge in [0, 0.05) is 81.0 Å². The van der Waals surface area contributed by atoms with Gasteiger partial charge in [0.15, 0.2) is 1.41 Å². The van der Waals surface area contributed by atoms with E-state index in [4.69, 9.17) is 31.4 Å². The van der Waals surface area contributed by atoms with Crippen molar-refractivity contribution >= 4 is 23.5 Å². The maximum Gasteiger partial charge on any atom is 0.410 e. The first-order valence-electron chi connectivity index (χ1n) is 20.7. The van der Waals surface area contributed by atoms with Crippen LogP contribution in [0.15, 0.2) is 24.3 Å². The Morgan fingerprint density at radius 2 is 1.83 bits per heavy atom. The highest BCUT2D eigenvalue weighted by Crippen LogP contribution is 2.26. The summed E-state index contributed by atoms with van der Waals surface area (Å²) in [6.07, 6.45) is -18.1. The highest BCUT2D eigenvalue weighted by Gasteiger charge is 2.30. The molecule has 1 aromatic carbocycles. The van der Waals surface area contributed by atoms with Gasteiger partial charge in [-0.1, -0.05) is 0 Å². The summed E-state index contributed by atoms with van der Waals surface area (Å²) in [7, 11) is 0. The van der Waals surface area contributed by atoms with Crippen molar-refractivity contribution in [3.05, 3.63) is 24.3 Å². The molecule has 3 saturated heterocycles. The first kappa shape index (κ1) is 11.5. The minimum absolute atomic E-state index is 0.311. The standard InChI is InChI=1S/C27H42N4O5/c1-27(2,3)36-26(33)30-12-8-21(9-13-30)20-31(25(32)28-22-10-16-34-17-11-22)24-6-4-23(5-7-24)29-14-18-35-19-15-29/h4-7,21-22H,8-20H2,1-3H3,(H,28,32)/i8D2,9D2,10D2,11D2,12D2,13D2,16D2,20D2,21D,22D/hD. The van der Waals surface area contributed by atoms with Crippen molar-refractivity contribution in [2.75, 3.05) is 68.8 Å². The van der Waals surface area contributed by atoms with E-state index in [0.717, 1.165) is 12.1 Å². The first-order chi connectivity index (χ1) is 24.5. The van der Waals surface area contributed by atoms with Crippen molar-refractivity contribution in [1.29, 1.82) is 0 Å². The molecule has 3 heterocycles. The van der Waals surface area contributed by atoms with Crippen LogP contribution in [0.1, 0.15) is 70.9 Å². The van der Waals surface area contributed by atoms with Crippen molar-refractivity contribution in [3.63, 3.8) is 0 Å². The fraction of sp³-hybridized carbons (Fsp3) is 0.704. The van der Waals surface area contributed by atoms with Crippen LogP contribution in [0.3, 0.4) is 0 Å². The number of carbonyl (C=O) groups excluding carboxylic acids is 2. The number of hydrogen-bond donors (Lipinski definition) is 1. The van der Waals surface area contributed by atoms with E-state index in [2.05, 4.69) is 4.74 Å². The third kappa shape index (κ3) is 7.49. The Balaban J connectivity index is 2.02. The lowest BCUT2D eigenvalue weighted by Crippen LogP contribution is -2.50. The molecule has 3 amide bonds. The molecule has 200 valence electrons. The van der Waals surface area contributed by atoms with Crippen molar-refractivity contribution in [3.8, 4) is 0 Å². The van der Waals surface area contributed by atoms with E-state index in [1.165, 1.54) is 32.9 Å². The summed E-state index contributed by atoms with van der Waals surface area (Å²) < 4.78 is 180. The number of morpholine rings is 1. The number of benzene rings is 1. The molecule has 3 aliphatic heterocycles. The first-order valence-corrected chi connectivity index (χ1v) is 11.2. The summed E-state index contributed by atoms with van der Waals surface area (Å²) in [6, 6.07) is -1.81. The van der Waals surface area contributed by atoms with Crippen LogP contribution < -0.4 is 15.1 Å². The molecular weight excluding hydrogens is 460 g/mol. The summed E-state index contributed by atoms with van der Waals surface area (Å²) in [5.41, 5.74) is -1.84. The average molecular weight is 522 g/mol. The molecule has 0 spiro atoms. The van der Waals surface area contributed by atoms with Gasteiger partial charge in [-0.05, 0) is 76.4 Å². The number of piperidine rings is 1. The molecule has 3 aliphatic rings. The molecule has 0 radical (unpaired) electrons. The molecule has 4 rings (SSSR count). The number of ether oxygens (including phenoxy) is 3. The predicted octanol–water partition coefficient (Wildman–Crippen LogP) is 3.87. The zero-order valence-electron chi connectivity index (χ0n) is 39.2. The monoisotopic (exact) mass is 521 g/mol. The maximum atomic E-state index is 14.6. The lowest BCUT2D eigenvalue weighted by molar-refractivity contribution is 0.0186. The lowest BCUT2D eigenvalue weighted by Gasteiger charge is -2.36. The van der Waals surface area contributed by atoms with E-state index in [1.807, 2.05) is 0 Å². The number of likely N-dealkylation sites (tertiary alicyclic amines) is 1. The van der Waals surface area contributed by atoms with Gasteiger partial charge < -0.3 is 29.3 Å². The van der Waals surface area contributed by atoms with Crippen molar-refractivity contribution in [2.24, 2.45) is 5.89 Å². The molecule has 3 fully saturated rings. The second-order valence-electron chi connectivity index (χ2n) is 8.66. The van der Waals surface area contributed by atoms with E-state index < -0.39 is 104 Å². The van der Waals surface area contributed by atoms with Crippen molar-refractivity contribution in [2.45, 2.75) is 57.9 Å².